The van der Waals surface area contributed by atoms with E-state index in [0.29, 0.717) is 0 Å². The highest BCUT2D eigenvalue weighted by molar-refractivity contribution is 8.16. The molecule has 2 rings (SSSR count). The van der Waals surface area contributed by atoms with E-state index in [2.05, 4.69) is 0 Å². The molecule has 0 radical (unpaired) electrons. The number of hydrogen-bond acceptors (Lipinski definition) is 4. The van der Waals surface area contributed by atoms with Crippen molar-refractivity contribution in [3.63, 3.8) is 0 Å². The third-order valence-electron chi connectivity index (χ3n) is 3.27. The number of halogens is 4. The number of carbonyl (C=O) groups is 2. The van der Waals surface area contributed by atoms with Gasteiger partial charge in [0.05, 0.1) is 5.92 Å². The standard InChI is InChI=1S/C14H10ClF3O5S.C2H6/c1-5(12(19)20)7-4-9-6(2-8(7)15)3-10(24-13(21)22)11(23-9)14(16,17)18;1-2/h2-5,11H,1H3,(H,19,20)(H,21,22);1-2H3. The van der Waals surface area contributed by atoms with Crippen LogP contribution in [0.5, 0.6) is 5.75 Å². The van der Waals surface area contributed by atoms with Gasteiger partial charge in [-0.2, -0.15) is 13.2 Å². The molecule has 144 valence electrons. The zero-order valence-corrected chi connectivity index (χ0v) is 15.5. The summed E-state index contributed by atoms with van der Waals surface area (Å²) in [7, 11) is 0. The summed E-state index contributed by atoms with van der Waals surface area (Å²) in [6.45, 7) is 5.33. The average molecular weight is 413 g/mol. The predicted molar refractivity (Wildman–Crippen MR) is 92.9 cm³/mol. The van der Waals surface area contributed by atoms with E-state index >= 15 is 0 Å². The number of benzene rings is 1. The highest BCUT2D eigenvalue weighted by Gasteiger charge is 2.47. The van der Waals surface area contributed by atoms with Crippen LogP contribution in [0.2, 0.25) is 5.02 Å². The molecule has 2 unspecified atom stereocenters. The van der Waals surface area contributed by atoms with Crippen LogP contribution in [0.4, 0.5) is 18.0 Å². The van der Waals surface area contributed by atoms with Gasteiger partial charge in [0.15, 0.2) is 0 Å². The number of carboxylic acids is 1. The Labute approximate surface area is 156 Å². The van der Waals surface area contributed by atoms with Crippen molar-refractivity contribution in [1.82, 2.24) is 0 Å². The first-order chi connectivity index (χ1) is 12.0. The van der Waals surface area contributed by atoms with E-state index in [4.69, 9.17) is 26.6 Å². The summed E-state index contributed by atoms with van der Waals surface area (Å²) in [5.41, 5.74) is 0.247. The molecule has 1 aliphatic heterocycles. The highest BCUT2D eigenvalue weighted by Crippen LogP contribution is 2.43. The lowest BCUT2D eigenvalue weighted by molar-refractivity contribution is -0.181. The molecule has 26 heavy (non-hydrogen) atoms. The minimum Gasteiger partial charge on any atom is -0.481 e. The smallest absolute Gasteiger partial charge is 0.430 e. The number of hydrogen-bond donors (Lipinski definition) is 2. The molecule has 5 nitrogen and oxygen atoms in total. The third-order valence-corrected chi connectivity index (χ3v) is 4.34. The maximum absolute atomic E-state index is 13.1. The van der Waals surface area contributed by atoms with Crippen molar-refractivity contribution in [2.24, 2.45) is 0 Å². The molecule has 0 amide bonds. The van der Waals surface area contributed by atoms with Crippen LogP contribution in [0.15, 0.2) is 17.0 Å². The molecule has 2 N–H and O–H groups in total. The van der Waals surface area contributed by atoms with Crippen molar-refractivity contribution < 1.29 is 37.7 Å². The molecule has 1 aromatic rings. The van der Waals surface area contributed by atoms with Crippen molar-refractivity contribution in [1.29, 1.82) is 0 Å². The highest BCUT2D eigenvalue weighted by atomic mass is 35.5. The number of ether oxygens (including phenoxy) is 1. The Kier molecular flexibility index (Phi) is 7.40. The Bertz CT molecular complexity index is 733. The fourth-order valence-corrected chi connectivity index (χ4v) is 3.10. The van der Waals surface area contributed by atoms with Gasteiger partial charge in [0, 0.05) is 15.5 Å². The van der Waals surface area contributed by atoms with Gasteiger partial charge in [-0.25, -0.2) is 4.79 Å². The van der Waals surface area contributed by atoms with E-state index in [9.17, 15) is 22.8 Å². The Balaban J connectivity index is 0.00000163. The summed E-state index contributed by atoms with van der Waals surface area (Å²) >= 11 is 5.98. The van der Waals surface area contributed by atoms with Gasteiger partial charge in [-0.1, -0.05) is 25.4 Å². The van der Waals surface area contributed by atoms with Gasteiger partial charge >= 0.3 is 17.4 Å². The fourth-order valence-electron chi connectivity index (χ4n) is 2.09. The van der Waals surface area contributed by atoms with Gasteiger partial charge in [0.25, 0.3) is 0 Å². The second-order valence-corrected chi connectivity index (χ2v) is 6.36. The normalized spacial score (nSPS) is 17.0. The summed E-state index contributed by atoms with van der Waals surface area (Å²) < 4.78 is 44.2. The molecule has 0 bridgehead atoms. The SMILES string of the molecule is CC.CC(C(=O)O)c1cc2c(cc1Cl)C=C(SC(=O)O)C(C(F)(F)F)O2. The lowest BCUT2D eigenvalue weighted by Crippen LogP contribution is -2.37. The van der Waals surface area contributed by atoms with Crippen LogP contribution in [0.1, 0.15) is 37.8 Å². The molecule has 2 atom stereocenters. The van der Waals surface area contributed by atoms with Crippen LogP contribution in [0.3, 0.4) is 0 Å². The van der Waals surface area contributed by atoms with Crippen molar-refractivity contribution in [3.05, 3.63) is 33.2 Å². The first kappa shape index (κ1) is 22.2. The molecule has 1 aromatic carbocycles. The number of thioether (sulfide) groups is 1. The number of alkyl halides is 3. The average Bonchev–Trinajstić information content (AvgIpc) is 2.53. The zero-order valence-electron chi connectivity index (χ0n) is 13.9. The minimum atomic E-state index is -4.83. The summed E-state index contributed by atoms with van der Waals surface area (Å²) in [5.74, 6) is -2.45. The van der Waals surface area contributed by atoms with Crippen molar-refractivity contribution in [2.75, 3.05) is 0 Å². The molecular formula is C16H16ClF3O5S. The third kappa shape index (κ3) is 5.07. The zero-order chi connectivity index (χ0) is 20.2. The summed E-state index contributed by atoms with van der Waals surface area (Å²) in [6, 6.07) is 2.38. The van der Waals surface area contributed by atoms with Gasteiger partial charge in [0.2, 0.25) is 6.10 Å². The van der Waals surface area contributed by atoms with Crippen molar-refractivity contribution in [2.45, 2.75) is 39.0 Å². The lowest BCUT2D eigenvalue weighted by atomic mass is 9.98. The van der Waals surface area contributed by atoms with Gasteiger partial charge in [-0.05, 0) is 42.5 Å². The molecule has 0 fully saturated rings. The molecular weight excluding hydrogens is 397 g/mol. The Morgan fingerprint density at radius 2 is 1.85 bits per heavy atom. The molecule has 0 aliphatic carbocycles. The maximum atomic E-state index is 13.1. The maximum Gasteiger partial charge on any atom is 0.430 e. The number of carboxylic acid groups (broad SMARTS) is 2. The minimum absolute atomic E-state index is 0.00923. The number of fused-ring (bicyclic) bond motifs is 1. The van der Waals surface area contributed by atoms with Gasteiger partial charge in [0.1, 0.15) is 5.75 Å². The van der Waals surface area contributed by atoms with Crippen LogP contribution in [-0.4, -0.2) is 33.8 Å². The van der Waals surface area contributed by atoms with Crippen LogP contribution >= 0.6 is 23.4 Å². The van der Waals surface area contributed by atoms with E-state index in [1.54, 1.807) is 0 Å². The second-order valence-electron chi connectivity index (χ2n) is 4.93. The van der Waals surface area contributed by atoms with Crippen molar-refractivity contribution in [3.8, 4) is 5.75 Å². The van der Waals surface area contributed by atoms with E-state index in [1.165, 1.54) is 13.0 Å². The predicted octanol–water partition coefficient (Wildman–Crippen LogP) is 5.63. The fraction of sp³-hybridized carbons (Fsp3) is 0.375. The molecule has 10 heteroatoms. The Morgan fingerprint density at radius 3 is 2.31 bits per heavy atom. The van der Waals surface area contributed by atoms with Crippen LogP contribution in [-0.2, 0) is 4.79 Å². The molecule has 0 saturated heterocycles. The van der Waals surface area contributed by atoms with E-state index < -0.39 is 34.4 Å². The first-order valence-electron chi connectivity index (χ1n) is 7.42. The largest absolute Gasteiger partial charge is 0.481 e. The van der Waals surface area contributed by atoms with Gasteiger partial charge < -0.3 is 14.9 Å². The van der Waals surface area contributed by atoms with E-state index in [-0.39, 0.29) is 33.7 Å². The lowest BCUT2D eigenvalue weighted by Gasteiger charge is -2.28. The quantitative estimate of drug-likeness (QED) is 0.669. The number of rotatable bonds is 3. The second kappa shape index (κ2) is 8.68. The topological polar surface area (TPSA) is 83.8 Å². The van der Waals surface area contributed by atoms with Crippen LogP contribution in [0.25, 0.3) is 6.08 Å². The monoisotopic (exact) mass is 412 g/mol. The number of aliphatic carboxylic acids is 1. The molecule has 0 saturated carbocycles. The molecule has 0 aromatic heterocycles. The van der Waals surface area contributed by atoms with Gasteiger partial charge in [-0.15, -0.1) is 0 Å². The molecule has 1 heterocycles. The molecule has 0 spiro atoms. The Morgan fingerprint density at radius 1 is 1.27 bits per heavy atom. The van der Waals surface area contributed by atoms with E-state index in [1.807, 2.05) is 13.8 Å². The van der Waals surface area contributed by atoms with Crippen molar-refractivity contribution >= 4 is 40.7 Å². The molecule has 1 aliphatic rings. The van der Waals surface area contributed by atoms with Gasteiger partial charge in [-0.3, -0.25) is 4.79 Å². The Hall–Kier alpha value is -1.87. The summed E-state index contributed by atoms with van der Waals surface area (Å²) in [6.07, 6.45) is -6.25. The van der Waals surface area contributed by atoms with Crippen LogP contribution in [0, 0.1) is 0 Å². The summed E-state index contributed by atoms with van der Waals surface area (Å²) in [5, 5.41) is 16.3. The first-order valence-corrected chi connectivity index (χ1v) is 8.62. The van der Waals surface area contributed by atoms with E-state index in [0.717, 1.165) is 12.1 Å². The van der Waals surface area contributed by atoms with Crippen LogP contribution < -0.4 is 4.74 Å². The summed E-state index contributed by atoms with van der Waals surface area (Å²) in [4.78, 5) is 21.3.